The molecule has 24 heavy (non-hydrogen) atoms. The lowest BCUT2D eigenvalue weighted by Crippen LogP contribution is -2.22. The number of benzene rings is 1. The molecule has 6 heteroatoms. The van der Waals surface area contributed by atoms with Crippen molar-refractivity contribution in [3.05, 3.63) is 60.3 Å². The van der Waals surface area contributed by atoms with Crippen molar-refractivity contribution in [2.75, 3.05) is 10.6 Å². The first kappa shape index (κ1) is 15.6. The maximum atomic E-state index is 12.0. The van der Waals surface area contributed by atoms with Crippen molar-refractivity contribution in [1.82, 2.24) is 9.97 Å². The Labute approximate surface area is 138 Å². The van der Waals surface area contributed by atoms with E-state index in [1.165, 1.54) is 0 Å². The van der Waals surface area contributed by atoms with Crippen molar-refractivity contribution in [3.63, 3.8) is 0 Å². The second-order valence-corrected chi connectivity index (χ2v) is 5.33. The van der Waals surface area contributed by atoms with E-state index < -0.39 is 11.8 Å². The van der Waals surface area contributed by atoms with E-state index in [0.717, 1.165) is 16.6 Å². The van der Waals surface area contributed by atoms with Crippen molar-refractivity contribution in [3.8, 4) is 0 Å². The van der Waals surface area contributed by atoms with E-state index >= 15 is 0 Å². The number of hydrogen-bond acceptors (Lipinski definition) is 4. The number of nitrogens with one attached hydrogen (secondary N) is 2. The number of aromatic nitrogens is 2. The highest BCUT2D eigenvalue weighted by Crippen LogP contribution is 2.14. The number of carbonyl (C=O) groups excluding carboxylic acids is 2. The Morgan fingerprint density at radius 3 is 2.29 bits per heavy atom. The third-order valence-electron chi connectivity index (χ3n) is 3.34. The van der Waals surface area contributed by atoms with Crippen LogP contribution in [0.3, 0.4) is 0 Å². The molecule has 2 aromatic heterocycles. The first-order chi connectivity index (χ1) is 11.6. The average Bonchev–Trinajstić information content (AvgIpc) is 2.54. The number of amides is 2. The summed E-state index contributed by atoms with van der Waals surface area (Å²) in [6.07, 6.45) is -0.301. The maximum Gasteiger partial charge on any atom is 0.234 e. The topological polar surface area (TPSA) is 84.0 Å². The molecule has 2 amide bonds. The second kappa shape index (κ2) is 6.87. The first-order valence-electron chi connectivity index (χ1n) is 7.49. The Bertz CT molecular complexity index is 908. The molecule has 1 aromatic carbocycles. The molecule has 0 atom stereocenters. The van der Waals surface area contributed by atoms with Crippen molar-refractivity contribution in [2.45, 2.75) is 13.3 Å². The monoisotopic (exact) mass is 320 g/mol. The number of rotatable bonds is 4. The number of fused-ring (bicyclic) bond motifs is 1. The fourth-order valence-electron chi connectivity index (χ4n) is 2.27. The van der Waals surface area contributed by atoms with Gasteiger partial charge in [0.2, 0.25) is 11.8 Å². The van der Waals surface area contributed by atoms with E-state index in [1.807, 2.05) is 43.3 Å². The molecule has 0 spiro atoms. The predicted octanol–water partition coefficient (Wildman–Crippen LogP) is 2.91. The first-order valence-corrected chi connectivity index (χ1v) is 7.49. The van der Waals surface area contributed by atoms with Crippen LogP contribution in [0.25, 0.3) is 10.9 Å². The van der Waals surface area contributed by atoms with Crippen LogP contribution in [-0.2, 0) is 9.59 Å². The lowest BCUT2D eigenvalue weighted by atomic mass is 10.2. The molecular formula is C18H16N4O2. The highest BCUT2D eigenvalue weighted by Gasteiger charge is 2.11. The zero-order valence-electron chi connectivity index (χ0n) is 13.1. The summed E-state index contributed by atoms with van der Waals surface area (Å²) < 4.78 is 0. The molecular weight excluding hydrogens is 304 g/mol. The lowest BCUT2D eigenvalue weighted by Gasteiger charge is -2.07. The quantitative estimate of drug-likeness (QED) is 0.724. The lowest BCUT2D eigenvalue weighted by molar-refractivity contribution is -0.123. The molecule has 0 aliphatic carbocycles. The van der Waals surface area contributed by atoms with Gasteiger partial charge >= 0.3 is 0 Å². The Morgan fingerprint density at radius 1 is 0.833 bits per heavy atom. The Kier molecular flexibility index (Phi) is 4.47. The molecule has 0 radical (unpaired) electrons. The van der Waals surface area contributed by atoms with Crippen LogP contribution in [0.2, 0.25) is 0 Å². The van der Waals surface area contributed by atoms with Crippen LogP contribution in [-0.4, -0.2) is 21.8 Å². The van der Waals surface area contributed by atoms with E-state index in [4.69, 9.17) is 0 Å². The van der Waals surface area contributed by atoms with Crippen LogP contribution in [0.1, 0.15) is 12.1 Å². The van der Waals surface area contributed by atoms with E-state index in [-0.39, 0.29) is 6.42 Å². The molecule has 6 nitrogen and oxygen atoms in total. The van der Waals surface area contributed by atoms with Crippen molar-refractivity contribution in [2.24, 2.45) is 0 Å². The van der Waals surface area contributed by atoms with E-state index in [2.05, 4.69) is 20.6 Å². The minimum atomic E-state index is -0.428. The smallest absolute Gasteiger partial charge is 0.234 e. The fraction of sp³-hybridized carbons (Fsp3) is 0.111. The Hall–Kier alpha value is -3.28. The molecule has 3 rings (SSSR count). The molecule has 0 bridgehead atoms. The third kappa shape index (κ3) is 3.92. The zero-order valence-corrected chi connectivity index (χ0v) is 13.1. The molecule has 2 N–H and O–H groups in total. The highest BCUT2D eigenvalue weighted by atomic mass is 16.2. The average molecular weight is 320 g/mol. The van der Waals surface area contributed by atoms with Gasteiger partial charge in [-0.2, -0.15) is 0 Å². The minimum absolute atomic E-state index is 0.301. The van der Waals surface area contributed by atoms with Gasteiger partial charge in [-0.1, -0.05) is 24.3 Å². The molecule has 0 aliphatic heterocycles. The van der Waals surface area contributed by atoms with Gasteiger partial charge < -0.3 is 10.6 Å². The molecule has 0 saturated carbocycles. The van der Waals surface area contributed by atoms with Crippen molar-refractivity contribution >= 4 is 34.4 Å². The van der Waals surface area contributed by atoms with E-state index in [9.17, 15) is 9.59 Å². The predicted molar refractivity (Wildman–Crippen MR) is 92.6 cm³/mol. The van der Waals surface area contributed by atoms with Crippen LogP contribution >= 0.6 is 0 Å². The molecule has 3 aromatic rings. The van der Waals surface area contributed by atoms with Gasteiger partial charge in [-0.3, -0.25) is 9.59 Å². The van der Waals surface area contributed by atoms with E-state index in [0.29, 0.717) is 11.6 Å². The van der Waals surface area contributed by atoms with Crippen LogP contribution in [0.15, 0.2) is 54.6 Å². The zero-order chi connectivity index (χ0) is 16.9. The third-order valence-corrected chi connectivity index (χ3v) is 3.34. The number of para-hydroxylation sites is 1. The van der Waals surface area contributed by atoms with Gasteiger partial charge in [0, 0.05) is 11.1 Å². The number of anilines is 2. The summed E-state index contributed by atoms with van der Waals surface area (Å²) in [6.45, 7) is 1.83. The summed E-state index contributed by atoms with van der Waals surface area (Å²) in [6, 6.07) is 16.5. The summed E-state index contributed by atoms with van der Waals surface area (Å²) in [5.41, 5.74) is 1.57. The molecule has 0 fully saturated rings. The highest BCUT2D eigenvalue weighted by molar-refractivity contribution is 6.07. The van der Waals surface area contributed by atoms with Crippen LogP contribution in [0.5, 0.6) is 0 Å². The molecule has 2 heterocycles. The maximum absolute atomic E-state index is 12.0. The second-order valence-electron chi connectivity index (χ2n) is 5.33. The number of carbonyl (C=O) groups is 2. The summed E-state index contributed by atoms with van der Waals surface area (Å²) in [5, 5.41) is 6.21. The van der Waals surface area contributed by atoms with Crippen LogP contribution in [0, 0.1) is 6.92 Å². The van der Waals surface area contributed by atoms with Gasteiger partial charge in [0.25, 0.3) is 0 Å². The largest absolute Gasteiger partial charge is 0.310 e. The molecule has 0 aliphatic rings. The summed E-state index contributed by atoms with van der Waals surface area (Å²) in [4.78, 5) is 32.4. The number of hydrogen-bond donors (Lipinski definition) is 2. The van der Waals surface area contributed by atoms with Crippen LogP contribution in [0.4, 0.5) is 11.6 Å². The van der Waals surface area contributed by atoms with Crippen LogP contribution < -0.4 is 10.6 Å². The summed E-state index contributed by atoms with van der Waals surface area (Å²) in [5.74, 6) is -0.00821. The van der Waals surface area contributed by atoms with Crippen molar-refractivity contribution < 1.29 is 9.59 Å². The summed E-state index contributed by atoms with van der Waals surface area (Å²) >= 11 is 0. The number of nitrogens with zero attached hydrogens (tertiary/aromatic N) is 2. The van der Waals surface area contributed by atoms with Gasteiger partial charge in [0.05, 0.1) is 5.52 Å². The molecule has 0 unspecified atom stereocenters. The number of pyridine rings is 2. The molecule has 0 saturated heterocycles. The standard InChI is InChI=1S/C18H16N4O2/c1-12-5-4-8-15(19-12)21-17(23)11-18(24)22-16-10-9-13-6-2-3-7-14(13)20-16/h2-10H,11H2,1H3,(H,19,21,23)(H,20,22,24). The van der Waals surface area contributed by atoms with E-state index in [1.54, 1.807) is 18.2 Å². The van der Waals surface area contributed by atoms with Gasteiger partial charge in [-0.05, 0) is 37.3 Å². The van der Waals surface area contributed by atoms with Crippen molar-refractivity contribution in [1.29, 1.82) is 0 Å². The SMILES string of the molecule is Cc1cccc(NC(=O)CC(=O)Nc2ccc3ccccc3n2)n1. The van der Waals surface area contributed by atoms with Gasteiger partial charge in [0.15, 0.2) is 0 Å². The van der Waals surface area contributed by atoms with Gasteiger partial charge in [-0.15, -0.1) is 0 Å². The summed E-state index contributed by atoms with van der Waals surface area (Å²) in [7, 11) is 0. The fourth-order valence-corrected chi connectivity index (χ4v) is 2.27. The minimum Gasteiger partial charge on any atom is -0.310 e. The molecule has 120 valence electrons. The number of aryl methyl sites for hydroxylation is 1. The van der Waals surface area contributed by atoms with Gasteiger partial charge in [-0.25, -0.2) is 9.97 Å². The Balaban J connectivity index is 1.60. The Morgan fingerprint density at radius 2 is 1.54 bits per heavy atom. The van der Waals surface area contributed by atoms with Gasteiger partial charge in [0.1, 0.15) is 18.1 Å². The normalized spacial score (nSPS) is 10.4.